The first-order valence-corrected chi connectivity index (χ1v) is 7.60. The normalized spacial score (nSPS) is 9.83. The summed E-state index contributed by atoms with van der Waals surface area (Å²) < 4.78 is 11.1. The van der Waals surface area contributed by atoms with Gasteiger partial charge in [0.2, 0.25) is 0 Å². The van der Waals surface area contributed by atoms with Gasteiger partial charge >= 0.3 is 5.97 Å². The molecule has 0 bridgehead atoms. The highest BCUT2D eigenvalue weighted by molar-refractivity contribution is 5.87. The van der Waals surface area contributed by atoms with Crippen molar-refractivity contribution in [3.63, 3.8) is 0 Å². The molecule has 0 aliphatic heterocycles. The Morgan fingerprint density at radius 1 is 0.875 bits per heavy atom. The van der Waals surface area contributed by atoms with Gasteiger partial charge in [0, 0.05) is 6.54 Å². The molecule has 5 nitrogen and oxygen atoms in total. The van der Waals surface area contributed by atoms with Crippen molar-refractivity contribution in [1.29, 1.82) is 0 Å². The SMILES string of the molecule is Cl.O=C(O)c1ccc(OCCNCCCOc2ccccc2)cc1. The van der Waals surface area contributed by atoms with E-state index in [-0.39, 0.29) is 18.0 Å². The molecule has 130 valence electrons. The second kappa shape index (κ2) is 11.3. The van der Waals surface area contributed by atoms with Gasteiger partial charge in [0.1, 0.15) is 18.1 Å². The summed E-state index contributed by atoms with van der Waals surface area (Å²) in [5, 5.41) is 12.1. The summed E-state index contributed by atoms with van der Waals surface area (Å²) in [7, 11) is 0. The maximum atomic E-state index is 10.7. The van der Waals surface area contributed by atoms with Crippen LogP contribution in [0.4, 0.5) is 0 Å². The van der Waals surface area contributed by atoms with E-state index in [0.29, 0.717) is 19.0 Å². The molecule has 2 rings (SSSR count). The minimum Gasteiger partial charge on any atom is -0.494 e. The summed E-state index contributed by atoms with van der Waals surface area (Å²) in [6.07, 6.45) is 0.919. The lowest BCUT2D eigenvalue weighted by atomic mass is 10.2. The van der Waals surface area contributed by atoms with E-state index in [1.807, 2.05) is 30.3 Å². The van der Waals surface area contributed by atoms with Crippen LogP contribution in [-0.4, -0.2) is 37.4 Å². The van der Waals surface area contributed by atoms with Gasteiger partial charge in [-0.2, -0.15) is 0 Å². The number of carboxylic acid groups (broad SMARTS) is 1. The van der Waals surface area contributed by atoms with Gasteiger partial charge in [0.05, 0.1) is 12.2 Å². The van der Waals surface area contributed by atoms with Gasteiger partial charge in [0.15, 0.2) is 0 Å². The molecular weight excluding hydrogens is 330 g/mol. The Morgan fingerprint density at radius 2 is 1.50 bits per heavy atom. The molecule has 0 aliphatic rings. The summed E-state index contributed by atoms with van der Waals surface area (Å²) in [6, 6.07) is 16.1. The fourth-order valence-electron chi connectivity index (χ4n) is 1.96. The first-order valence-electron chi connectivity index (χ1n) is 7.60. The number of nitrogens with one attached hydrogen (secondary N) is 1. The zero-order valence-electron chi connectivity index (χ0n) is 13.3. The molecule has 2 aromatic carbocycles. The third-order valence-electron chi connectivity index (χ3n) is 3.16. The number of rotatable bonds is 10. The molecule has 2 N–H and O–H groups in total. The van der Waals surface area contributed by atoms with Crippen LogP contribution in [0.1, 0.15) is 16.8 Å². The molecule has 0 radical (unpaired) electrons. The van der Waals surface area contributed by atoms with Crippen LogP contribution in [0.25, 0.3) is 0 Å². The van der Waals surface area contributed by atoms with Crippen LogP contribution in [0.15, 0.2) is 54.6 Å². The van der Waals surface area contributed by atoms with Crippen LogP contribution in [0.2, 0.25) is 0 Å². The maximum Gasteiger partial charge on any atom is 0.335 e. The topological polar surface area (TPSA) is 67.8 Å². The zero-order valence-corrected chi connectivity index (χ0v) is 14.1. The Kier molecular flexibility index (Phi) is 9.34. The lowest BCUT2D eigenvalue weighted by Crippen LogP contribution is -2.23. The van der Waals surface area contributed by atoms with Gasteiger partial charge in [0.25, 0.3) is 0 Å². The number of halogens is 1. The molecule has 0 aliphatic carbocycles. The summed E-state index contributed by atoms with van der Waals surface area (Å²) >= 11 is 0. The van der Waals surface area contributed by atoms with Gasteiger partial charge in [-0.1, -0.05) is 18.2 Å². The van der Waals surface area contributed by atoms with Gasteiger partial charge < -0.3 is 19.9 Å². The minimum atomic E-state index is -0.934. The van der Waals surface area contributed by atoms with E-state index in [1.165, 1.54) is 12.1 Å². The van der Waals surface area contributed by atoms with Crippen LogP contribution in [0.3, 0.4) is 0 Å². The molecule has 2 aromatic rings. The number of hydrogen-bond acceptors (Lipinski definition) is 4. The Morgan fingerprint density at radius 3 is 2.17 bits per heavy atom. The van der Waals surface area contributed by atoms with Crippen LogP contribution in [0.5, 0.6) is 11.5 Å². The predicted molar refractivity (Wildman–Crippen MR) is 95.6 cm³/mol. The number of carbonyl (C=O) groups is 1. The van der Waals surface area contributed by atoms with E-state index in [0.717, 1.165) is 25.3 Å². The smallest absolute Gasteiger partial charge is 0.335 e. The van der Waals surface area contributed by atoms with Crippen molar-refractivity contribution in [2.75, 3.05) is 26.3 Å². The van der Waals surface area contributed by atoms with Crippen molar-refractivity contribution in [1.82, 2.24) is 5.32 Å². The number of aromatic carboxylic acids is 1. The number of benzene rings is 2. The molecule has 24 heavy (non-hydrogen) atoms. The molecule has 0 saturated heterocycles. The van der Waals surface area contributed by atoms with E-state index >= 15 is 0 Å². The van der Waals surface area contributed by atoms with E-state index in [1.54, 1.807) is 12.1 Å². The second-order valence-corrected chi connectivity index (χ2v) is 4.94. The van der Waals surface area contributed by atoms with Gasteiger partial charge in [-0.05, 0) is 49.4 Å². The minimum absolute atomic E-state index is 0. The number of hydrogen-bond donors (Lipinski definition) is 2. The van der Waals surface area contributed by atoms with Crippen molar-refractivity contribution in [3.8, 4) is 11.5 Å². The largest absolute Gasteiger partial charge is 0.494 e. The molecule has 0 atom stereocenters. The van der Waals surface area contributed by atoms with Crippen molar-refractivity contribution >= 4 is 18.4 Å². The van der Waals surface area contributed by atoms with E-state index in [9.17, 15) is 4.79 Å². The fourth-order valence-corrected chi connectivity index (χ4v) is 1.96. The summed E-state index contributed by atoms with van der Waals surface area (Å²) in [6.45, 7) is 2.79. The van der Waals surface area contributed by atoms with Crippen molar-refractivity contribution in [3.05, 3.63) is 60.2 Å². The highest BCUT2D eigenvalue weighted by Gasteiger charge is 2.01. The molecule has 0 spiro atoms. The highest BCUT2D eigenvalue weighted by Crippen LogP contribution is 2.11. The molecule has 0 aromatic heterocycles. The van der Waals surface area contributed by atoms with Crippen molar-refractivity contribution < 1.29 is 19.4 Å². The molecule has 0 unspecified atom stereocenters. The van der Waals surface area contributed by atoms with Gasteiger partial charge in [-0.3, -0.25) is 0 Å². The summed E-state index contributed by atoms with van der Waals surface area (Å²) in [4.78, 5) is 10.7. The summed E-state index contributed by atoms with van der Waals surface area (Å²) in [5.74, 6) is 0.626. The van der Waals surface area contributed by atoms with Crippen molar-refractivity contribution in [2.45, 2.75) is 6.42 Å². The third-order valence-corrected chi connectivity index (χ3v) is 3.16. The number of carboxylic acids is 1. The molecule has 0 fully saturated rings. The zero-order chi connectivity index (χ0) is 16.3. The van der Waals surface area contributed by atoms with Crippen LogP contribution in [0, 0.1) is 0 Å². The number of ether oxygens (including phenoxy) is 2. The quantitative estimate of drug-likeness (QED) is 0.643. The van der Waals surface area contributed by atoms with E-state index in [2.05, 4.69) is 5.32 Å². The molecular formula is C18H22ClNO4. The highest BCUT2D eigenvalue weighted by atomic mass is 35.5. The van der Waals surface area contributed by atoms with Crippen LogP contribution >= 0.6 is 12.4 Å². The predicted octanol–water partition coefficient (Wildman–Crippen LogP) is 3.24. The Bertz CT molecular complexity index is 590. The van der Waals surface area contributed by atoms with Crippen LogP contribution in [-0.2, 0) is 0 Å². The molecule has 6 heteroatoms. The lowest BCUT2D eigenvalue weighted by molar-refractivity contribution is 0.0697. The Balaban J connectivity index is 0.00000288. The number of para-hydroxylation sites is 1. The van der Waals surface area contributed by atoms with E-state index in [4.69, 9.17) is 14.6 Å². The fraction of sp³-hybridized carbons (Fsp3) is 0.278. The van der Waals surface area contributed by atoms with E-state index < -0.39 is 5.97 Å². The average Bonchev–Trinajstić information content (AvgIpc) is 2.58. The van der Waals surface area contributed by atoms with Crippen LogP contribution < -0.4 is 14.8 Å². The summed E-state index contributed by atoms with van der Waals surface area (Å²) in [5.41, 5.74) is 0.258. The lowest BCUT2D eigenvalue weighted by Gasteiger charge is -2.08. The molecule has 0 saturated carbocycles. The Hall–Kier alpha value is -2.24. The molecule has 0 amide bonds. The average molecular weight is 352 g/mol. The van der Waals surface area contributed by atoms with Gasteiger partial charge in [-0.25, -0.2) is 4.79 Å². The first kappa shape index (κ1) is 19.8. The first-order chi connectivity index (χ1) is 11.3. The second-order valence-electron chi connectivity index (χ2n) is 4.94. The third kappa shape index (κ3) is 7.35. The van der Waals surface area contributed by atoms with Gasteiger partial charge in [-0.15, -0.1) is 12.4 Å². The standard InChI is InChI=1S/C18H21NO4.ClH/c20-18(21)15-7-9-17(10-8-15)23-14-12-19-11-4-13-22-16-5-2-1-3-6-16;/h1-3,5-10,19H,4,11-14H2,(H,20,21);1H. The molecule has 0 heterocycles. The Labute approximate surface area is 148 Å². The maximum absolute atomic E-state index is 10.7. The van der Waals surface area contributed by atoms with Crippen molar-refractivity contribution in [2.24, 2.45) is 0 Å². The monoisotopic (exact) mass is 351 g/mol.